The molecule has 0 unspecified atom stereocenters. The Bertz CT molecular complexity index is 1190. The van der Waals surface area contributed by atoms with Crippen molar-refractivity contribution in [1.82, 2.24) is 0 Å². The number of rotatable bonds is 5. The fourth-order valence-corrected chi connectivity index (χ4v) is 3.53. The summed E-state index contributed by atoms with van der Waals surface area (Å²) < 4.78 is 5.67. The average molecular weight is 415 g/mol. The van der Waals surface area contributed by atoms with E-state index >= 15 is 0 Å². The molecule has 154 valence electrons. The van der Waals surface area contributed by atoms with Gasteiger partial charge in [0.15, 0.2) is 0 Å². The van der Waals surface area contributed by atoms with Crippen LogP contribution in [0.15, 0.2) is 114 Å². The lowest BCUT2D eigenvalue weighted by atomic mass is 10.1. The van der Waals surface area contributed by atoms with Crippen LogP contribution >= 0.6 is 0 Å². The van der Waals surface area contributed by atoms with E-state index < -0.39 is 0 Å². The maximum Gasteiger partial charge on any atom is 0.265 e. The van der Waals surface area contributed by atoms with Gasteiger partial charge in [0.2, 0.25) is 0 Å². The molecule has 0 aliphatic carbocycles. The smallest absolute Gasteiger partial charge is 0.265 e. The molecule has 1 aliphatic heterocycles. The number of hydrogen-bond acceptors (Lipinski definition) is 3. The van der Waals surface area contributed by atoms with Gasteiger partial charge in [0.25, 0.3) is 5.70 Å². The number of allylic oxidation sites excluding steroid dienone is 3. The molecule has 0 saturated carbocycles. The van der Waals surface area contributed by atoms with Gasteiger partial charge in [-0.2, -0.15) is 0 Å². The minimum atomic E-state index is 0.130. The van der Waals surface area contributed by atoms with Crippen LogP contribution in [-0.4, -0.2) is 6.61 Å². The van der Waals surface area contributed by atoms with Crippen molar-refractivity contribution in [2.75, 3.05) is 11.5 Å². The summed E-state index contributed by atoms with van der Waals surface area (Å²) in [4.78, 5) is 5.51. The third-order valence-corrected chi connectivity index (χ3v) is 5.10. The third-order valence-electron chi connectivity index (χ3n) is 5.10. The Hall–Kier alpha value is -4.54. The zero-order chi connectivity index (χ0) is 22.2. The molecule has 4 heteroatoms. The second-order valence-corrected chi connectivity index (χ2v) is 7.17. The van der Waals surface area contributed by atoms with Gasteiger partial charge in [-0.05, 0) is 66.1 Å². The van der Waals surface area contributed by atoms with Crippen LogP contribution in [0, 0.1) is 17.9 Å². The van der Waals surface area contributed by atoms with Crippen molar-refractivity contribution < 1.29 is 4.74 Å². The third kappa shape index (κ3) is 4.78. The van der Waals surface area contributed by atoms with Gasteiger partial charge in [0.05, 0.1) is 19.2 Å². The van der Waals surface area contributed by atoms with Gasteiger partial charge in [0, 0.05) is 17.1 Å². The summed E-state index contributed by atoms with van der Waals surface area (Å²) in [6.45, 7) is 7.60. The average Bonchev–Trinajstić information content (AvgIpc) is 2.86. The standard InChI is InChI=1S/C28H21N3O/c1-30-28(21-29)23-18-19-32-27(20-23)17-14-22-12-15-26(16-13-22)31(24-8-4-2-5-9-24)25-10-6-3-7-11-25/h2-17,20H,18-19H2. The zero-order valence-electron chi connectivity index (χ0n) is 17.5. The van der Waals surface area contributed by atoms with E-state index in [0.717, 1.165) is 28.2 Å². The van der Waals surface area contributed by atoms with Crippen molar-refractivity contribution in [2.45, 2.75) is 6.42 Å². The van der Waals surface area contributed by atoms with Crippen LogP contribution in [-0.2, 0) is 4.74 Å². The Morgan fingerprint density at radius 3 is 2.03 bits per heavy atom. The number of nitrogens with zero attached hydrogens (tertiary/aromatic N) is 3. The predicted molar refractivity (Wildman–Crippen MR) is 128 cm³/mol. The minimum Gasteiger partial charge on any atom is -0.493 e. The fourth-order valence-electron chi connectivity index (χ4n) is 3.53. The largest absolute Gasteiger partial charge is 0.493 e. The molecule has 32 heavy (non-hydrogen) atoms. The summed E-state index contributed by atoms with van der Waals surface area (Å²) in [7, 11) is 0. The van der Waals surface area contributed by atoms with Gasteiger partial charge in [-0.3, -0.25) is 0 Å². The van der Waals surface area contributed by atoms with Crippen molar-refractivity contribution >= 4 is 23.1 Å². The lowest BCUT2D eigenvalue weighted by Gasteiger charge is -2.25. The van der Waals surface area contributed by atoms with Crippen LogP contribution in [0.2, 0.25) is 0 Å². The molecule has 1 heterocycles. The summed E-state index contributed by atoms with van der Waals surface area (Å²) >= 11 is 0. The van der Waals surface area contributed by atoms with Crippen LogP contribution in [0.3, 0.4) is 0 Å². The first-order valence-corrected chi connectivity index (χ1v) is 10.3. The van der Waals surface area contributed by atoms with Crippen LogP contribution in [0.5, 0.6) is 0 Å². The summed E-state index contributed by atoms with van der Waals surface area (Å²) in [5, 5.41) is 9.09. The van der Waals surface area contributed by atoms with E-state index in [4.69, 9.17) is 16.6 Å². The number of ether oxygens (including phenoxy) is 1. The molecule has 0 saturated heterocycles. The zero-order valence-corrected chi connectivity index (χ0v) is 17.5. The van der Waals surface area contributed by atoms with Crippen molar-refractivity contribution in [3.63, 3.8) is 0 Å². The van der Waals surface area contributed by atoms with Gasteiger partial charge >= 0.3 is 0 Å². The first-order valence-electron chi connectivity index (χ1n) is 10.3. The highest BCUT2D eigenvalue weighted by atomic mass is 16.5. The molecule has 4 rings (SSSR count). The predicted octanol–water partition coefficient (Wildman–Crippen LogP) is 7.17. The molecule has 0 amide bonds. The second kappa shape index (κ2) is 9.98. The molecule has 3 aromatic rings. The van der Waals surface area contributed by atoms with E-state index in [0.29, 0.717) is 18.8 Å². The number of anilines is 3. The summed E-state index contributed by atoms with van der Waals surface area (Å²) in [5.41, 5.74) is 5.13. The molecular weight excluding hydrogens is 394 g/mol. The fraction of sp³-hybridized carbons (Fsp3) is 0.0714. The molecule has 1 aliphatic rings. The maximum absolute atomic E-state index is 9.09. The monoisotopic (exact) mass is 415 g/mol. The van der Waals surface area contributed by atoms with Crippen LogP contribution in [0.25, 0.3) is 10.9 Å². The Kier molecular flexibility index (Phi) is 6.46. The van der Waals surface area contributed by atoms with Gasteiger partial charge in [-0.25, -0.2) is 10.1 Å². The summed E-state index contributed by atoms with van der Waals surface area (Å²) in [6, 6.07) is 30.8. The van der Waals surface area contributed by atoms with Crippen LogP contribution < -0.4 is 4.90 Å². The molecule has 0 spiro atoms. The molecule has 0 aromatic heterocycles. The Labute approximate surface area is 188 Å². The number of para-hydroxylation sites is 2. The van der Waals surface area contributed by atoms with Gasteiger partial charge in [-0.15, -0.1) is 0 Å². The quantitative estimate of drug-likeness (QED) is 0.328. The van der Waals surface area contributed by atoms with E-state index in [-0.39, 0.29) is 5.70 Å². The second-order valence-electron chi connectivity index (χ2n) is 7.17. The van der Waals surface area contributed by atoms with Crippen molar-refractivity contribution in [3.8, 4) is 6.07 Å². The molecule has 3 aromatic carbocycles. The van der Waals surface area contributed by atoms with E-state index in [2.05, 4.69) is 58.3 Å². The highest BCUT2D eigenvalue weighted by Crippen LogP contribution is 2.34. The van der Waals surface area contributed by atoms with Gasteiger partial charge < -0.3 is 9.64 Å². The van der Waals surface area contributed by atoms with Gasteiger partial charge in [0.1, 0.15) is 5.76 Å². The molecule has 0 fully saturated rings. The highest BCUT2D eigenvalue weighted by Gasteiger charge is 2.12. The SMILES string of the molecule is [C-]#[N+]C(C#N)=C1C=C(C=Cc2ccc(N(c3ccccc3)c3ccccc3)cc2)OCC1. The van der Waals surface area contributed by atoms with Crippen molar-refractivity contribution in [3.05, 3.63) is 131 Å². The van der Waals surface area contributed by atoms with E-state index in [9.17, 15) is 0 Å². The van der Waals surface area contributed by atoms with Crippen LogP contribution in [0.1, 0.15) is 12.0 Å². The van der Waals surface area contributed by atoms with E-state index in [1.165, 1.54) is 0 Å². The Balaban J connectivity index is 1.59. The lowest BCUT2D eigenvalue weighted by molar-refractivity contribution is 0.219. The lowest BCUT2D eigenvalue weighted by Crippen LogP contribution is -2.09. The highest BCUT2D eigenvalue weighted by molar-refractivity contribution is 5.76. The normalized spacial score (nSPS) is 14.6. The first kappa shape index (κ1) is 20.7. The number of nitriles is 1. The van der Waals surface area contributed by atoms with Crippen LogP contribution in [0.4, 0.5) is 17.1 Å². The minimum absolute atomic E-state index is 0.130. The van der Waals surface area contributed by atoms with Crippen molar-refractivity contribution in [1.29, 1.82) is 5.26 Å². The molecule has 0 radical (unpaired) electrons. The molecule has 4 nitrogen and oxygen atoms in total. The van der Waals surface area contributed by atoms with Crippen molar-refractivity contribution in [2.24, 2.45) is 0 Å². The Morgan fingerprint density at radius 2 is 1.47 bits per heavy atom. The Morgan fingerprint density at radius 1 is 0.875 bits per heavy atom. The molecule has 0 bridgehead atoms. The molecule has 0 atom stereocenters. The van der Waals surface area contributed by atoms with E-state index in [1.54, 1.807) is 6.08 Å². The first-order chi connectivity index (χ1) is 15.8. The number of hydrogen-bond donors (Lipinski definition) is 0. The maximum atomic E-state index is 9.09. The molecular formula is C28H21N3O. The molecule has 0 N–H and O–H groups in total. The number of benzene rings is 3. The van der Waals surface area contributed by atoms with E-state index in [1.807, 2.05) is 54.6 Å². The summed E-state index contributed by atoms with van der Waals surface area (Å²) in [6.07, 6.45) is 6.20. The summed E-state index contributed by atoms with van der Waals surface area (Å²) in [5.74, 6) is 0.655. The van der Waals surface area contributed by atoms with Gasteiger partial charge in [-0.1, -0.05) is 54.6 Å². The topological polar surface area (TPSA) is 40.6 Å².